The van der Waals surface area contributed by atoms with Crippen molar-refractivity contribution in [2.45, 2.75) is 25.7 Å². The minimum atomic E-state index is -1.22. The van der Waals surface area contributed by atoms with E-state index in [1.165, 1.54) is 0 Å². The summed E-state index contributed by atoms with van der Waals surface area (Å²) in [6.07, 6.45) is 4.88. The monoisotopic (exact) mass is 525 g/mol. The smallest absolute Gasteiger partial charge is 0.255 e. The summed E-state index contributed by atoms with van der Waals surface area (Å²) in [4.78, 5) is 30.0. The van der Waals surface area contributed by atoms with Crippen LogP contribution in [-0.4, -0.2) is 63.9 Å². The summed E-state index contributed by atoms with van der Waals surface area (Å²) in [5, 5.41) is 6.18. The molecule has 2 aromatic carbocycles. The number of hydrogen-bond donors (Lipinski definition) is 2. The third-order valence-corrected chi connectivity index (χ3v) is 7.10. The standard InChI is InChI=1S/C30H32FN7O/c1-20-6-11-24(17-27(20)36-30-33-15-12-26(35-30)23-5-4-14-32-18-23)34-29(39)22-9-7-21(8-10-22)28(31)38(3)25-13-16-37(2)19-25/h4-12,14-15,17-18,25,28H,13,16,19H2,1-3H3,(H,34,39)(H,33,35,36). The van der Waals surface area contributed by atoms with Crippen molar-refractivity contribution >= 4 is 23.2 Å². The van der Waals surface area contributed by atoms with Gasteiger partial charge in [-0.1, -0.05) is 18.2 Å². The van der Waals surface area contributed by atoms with Crippen LogP contribution < -0.4 is 10.6 Å². The molecule has 4 aromatic rings. The average Bonchev–Trinajstić information content (AvgIpc) is 3.41. The molecule has 3 heterocycles. The quantitative estimate of drug-likeness (QED) is 0.296. The zero-order valence-corrected chi connectivity index (χ0v) is 22.3. The highest BCUT2D eigenvalue weighted by atomic mass is 19.1. The number of halogens is 1. The Morgan fingerprint density at radius 3 is 2.67 bits per heavy atom. The second kappa shape index (κ2) is 11.7. The number of aromatic nitrogens is 3. The van der Waals surface area contributed by atoms with Crippen molar-refractivity contribution in [1.29, 1.82) is 0 Å². The lowest BCUT2D eigenvalue weighted by atomic mass is 10.1. The van der Waals surface area contributed by atoms with Crippen LogP contribution in [-0.2, 0) is 0 Å². The molecule has 0 bridgehead atoms. The molecule has 2 unspecified atom stereocenters. The van der Waals surface area contributed by atoms with Gasteiger partial charge in [0.2, 0.25) is 5.95 Å². The van der Waals surface area contributed by atoms with E-state index in [4.69, 9.17) is 0 Å². The third kappa shape index (κ3) is 6.27. The summed E-state index contributed by atoms with van der Waals surface area (Å²) in [5.74, 6) is 0.167. The number of rotatable bonds is 8. The van der Waals surface area contributed by atoms with Gasteiger partial charge in [0.05, 0.1) is 5.69 Å². The van der Waals surface area contributed by atoms with E-state index in [2.05, 4.69) is 37.5 Å². The van der Waals surface area contributed by atoms with Gasteiger partial charge < -0.3 is 15.5 Å². The molecule has 200 valence electrons. The van der Waals surface area contributed by atoms with E-state index >= 15 is 4.39 Å². The Hall–Kier alpha value is -4.21. The number of amides is 1. The number of anilines is 3. The minimum absolute atomic E-state index is 0.181. The van der Waals surface area contributed by atoms with Gasteiger partial charge in [-0.25, -0.2) is 14.4 Å². The van der Waals surface area contributed by atoms with Crippen LogP contribution in [0.25, 0.3) is 11.3 Å². The minimum Gasteiger partial charge on any atom is -0.324 e. The molecule has 0 spiro atoms. The van der Waals surface area contributed by atoms with Crippen molar-refractivity contribution in [2.75, 3.05) is 37.8 Å². The number of pyridine rings is 1. The largest absolute Gasteiger partial charge is 0.324 e. The van der Waals surface area contributed by atoms with E-state index in [0.717, 1.165) is 42.0 Å². The summed E-state index contributed by atoms with van der Waals surface area (Å²) in [6.45, 7) is 3.79. The molecule has 2 atom stereocenters. The summed E-state index contributed by atoms with van der Waals surface area (Å²) in [5.41, 5.74) is 5.00. The fourth-order valence-corrected chi connectivity index (χ4v) is 4.71. The fraction of sp³-hybridized carbons (Fsp3) is 0.267. The molecule has 1 aliphatic rings. The number of likely N-dealkylation sites (N-methyl/N-ethyl adjacent to an activating group) is 2. The molecule has 2 aromatic heterocycles. The zero-order valence-electron chi connectivity index (χ0n) is 22.3. The third-order valence-electron chi connectivity index (χ3n) is 7.10. The number of likely N-dealkylation sites (tertiary alicyclic amines) is 1. The number of carbonyl (C=O) groups is 1. The molecule has 1 saturated heterocycles. The molecule has 1 amide bonds. The van der Waals surface area contributed by atoms with Gasteiger partial charge >= 0.3 is 0 Å². The summed E-state index contributed by atoms with van der Waals surface area (Å²) in [7, 11) is 3.87. The zero-order chi connectivity index (χ0) is 27.4. The average molecular weight is 526 g/mol. The number of nitrogens with one attached hydrogen (secondary N) is 2. The first kappa shape index (κ1) is 26.4. The Kier molecular flexibility index (Phi) is 7.90. The second-order valence-electron chi connectivity index (χ2n) is 9.94. The molecule has 0 saturated carbocycles. The lowest BCUT2D eigenvalue weighted by molar-refractivity contribution is 0.0707. The Balaban J connectivity index is 1.25. The summed E-state index contributed by atoms with van der Waals surface area (Å²) >= 11 is 0. The highest BCUT2D eigenvalue weighted by Gasteiger charge is 2.28. The molecular weight excluding hydrogens is 493 g/mol. The van der Waals surface area contributed by atoms with Crippen molar-refractivity contribution in [3.63, 3.8) is 0 Å². The fourth-order valence-electron chi connectivity index (χ4n) is 4.71. The van der Waals surface area contributed by atoms with Crippen LogP contribution in [0.2, 0.25) is 0 Å². The number of hydrogen-bond acceptors (Lipinski definition) is 7. The number of nitrogens with zero attached hydrogens (tertiary/aromatic N) is 5. The maximum atomic E-state index is 15.2. The SMILES string of the molecule is Cc1ccc(NC(=O)c2ccc(C(F)N(C)C3CCN(C)C3)cc2)cc1Nc1nccc(-c2cccnc2)n1. The van der Waals surface area contributed by atoms with Crippen molar-refractivity contribution in [3.05, 3.63) is 95.9 Å². The van der Waals surface area contributed by atoms with Gasteiger partial charge in [-0.15, -0.1) is 0 Å². The molecule has 1 aliphatic heterocycles. The Morgan fingerprint density at radius 2 is 1.95 bits per heavy atom. The van der Waals surface area contributed by atoms with Crippen LogP contribution in [0.4, 0.5) is 21.7 Å². The van der Waals surface area contributed by atoms with Crippen molar-refractivity contribution in [3.8, 4) is 11.3 Å². The van der Waals surface area contributed by atoms with Gasteiger partial charge in [0, 0.05) is 59.2 Å². The number of alkyl halides is 1. The Morgan fingerprint density at radius 1 is 1.13 bits per heavy atom. The number of carbonyl (C=O) groups excluding carboxylic acids is 1. The molecule has 5 rings (SSSR count). The van der Waals surface area contributed by atoms with E-state index in [1.54, 1.807) is 47.8 Å². The molecule has 0 aliphatic carbocycles. The highest BCUT2D eigenvalue weighted by molar-refractivity contribution is 6.04. The molecule has 0 radical (unpaired) electrons. The van der Waals surface area contributed by atoms with Crippen molar-refractivity contribution in [2.24, 2.45) is 0 Å². The van der Waals surface area contributed by atoms with E-state index in [9.17, 15) is 4.79 Å². The molecule has 9 heteroatoms. The Labute approximate surface area is 227 Å². The van der Waals surface area contributed by atoms with Crippen LogP contribution in [0.5, 0.6) is 0 Å². The van der Waals surface area contributed by atoms with E-state index < -0.39 is 6.30 Å². The molecule has 39 heavy (non-hydrogen) atoms. The topological polar surface area (TPSA) is 86.3 Å². The van der Waals surface area contributed by atoms with Crippen LogP contribution in [0.3, 0.4) is 0 Å². The summed E-state index contributed by atoms with van der Waals surface area (Å²) in [6, 6.07) is 18.1. The molecule has 2 N–H and O–H groups in total. The lowest BCUT2D eigenvalue weighted by Crippen LogP contribution is -2.35. The maximum absolute atomic E-state index is 15.2. The van der Waals surface area contributed by atoms with Gasteiger partial charge in [-0.2, -0.15) is 0 Å². The van der Waals surface area contributed by atoms with Gasteiger partial charge in [0.1, 0.15) is 0 Å². The molecular formula is C30H32FN7O. The number of benzene rings is 2. The highest BCUT2D eigenvalue weighted by Crippen LogP contribution is 2.28. The lowest BCUT2D eigenvalue weighted by Gasteiger charge is -2.28. The normalized spacial score (nSPS) is 16.3. The van der Waals surface area contributed by atoms with Gasteiger partial charge in [-0.3, -0.25) is 14.7 Å². The summed E-state index contributed by atoms with van der Waals surface area (Å²) < 4.78 is 15.2. The van der Waals surface area contributed by atoms with Gasteiger partial charge in [-0.05, 0) is 82.0 Å². The van der Waals surface area contributed by atoms with Crippen LogP contribution >= 0.6 is 0 Å². The van der Waals surface area contributed by atoms with Crippen LogP contribution in [0.1, 0.15) is 34.2 Å². The van der Waals surface area contributed by atoms with Crippen LogP contribution in [0.15, 0.2) is 79.3 Å². The first-order valence-electron chi connectivity index (χ1n) is 12.9. The Bertz CT molecular complexity index is 1430. The maximum Gasteiger partial charge on any atom is 0.255 e. The first-order chi connectivity index (χ1) is 18.9. The van der Waals surface area contributed by atoms with E-state index in [1.807, 2.05) is 50.4 Å². The first-order valence-corrected chi connectivity index (χ1v) is 12.9. The van der Waals surface area contributed by atoms with E-state index in [0.29, 0.717) is 22.8 Å². The molecule has 8 nitrogen and oxygen atoms in total. The second-order valence-corrected chi connectivity index (χ2v) is 9.94. The predicted octanol–water partition coefficient (Wildman–Crippen LogP) is 5.45. The predicted molar refractivity (Wildman–Crippen MR) is 152 cm³/mol. The van der Waals surface area contributed by atoms with Crippen molar-refractivity contribution < 1.29 is 9.18 Å². The number of aryl methyl sites for hydroxylation is 1. The van der Waals surface area contributed by atoms with Gasteiger partial charge in [0.25, 0.3) is 5.91 Å². The van der Waals surface area contributed by atoms with Gasteiger partial charge in [0.15, 0.2) is 6.30 Å². The molecule has 1 fully saturated rings. The van der Waals surface area contributed by atoms with E-state index in [-0.39, 0.29) is 11.9 Å². The van der Waals surface area contributed by atoms with Crippen molar-refractivity contribution in [1.82, 2.24) is 24.8 Å². The van der Waals surface area contributed by atoms with Crippen LogP contribution in [0, 0.1) is 6.92 Å².